The van der Waals surface area contributed by atoms with E-state index in [1.54, 1.807) is 0 Å². The highest BCUT2D eigenvalue weighted by Crippen LogP contribution is 2.63. The maximum atomic E-state index is 11.7. The summed E-state index contributed by atoms with van der Waals surface area (Å²) in [5, 5.41) is 16.8. The summed E-state index contributed by atoms with van der Waals surface area (Å²) in [7, 11) is 0. The molecule has 0 aliphatic heterocycles. The number of halogens is 1. The number of nitrogens with one attached hydrogen (secondary N) is 1. The van der Waals surface area contributed by atoms with Crippen molar-refractivity contribution in [3.63, 3.8) is 0 Å². The molecule has 46 heavy (non-hydrogen) atoms. The van der Waals surface area contributed by atoms with Crippen LogP contribution in [0.4, 0.5) is 0 Å². The molecule has 5 nitrogen and oxygen atoms in total. The lowest BCUT2D eigenvalue weighted by atomic mass is 9.46. The van der Waals surface area contributed by atoms with E-state index in [-0.39, 0.29) is 40.1 Å². The van der Waals surface area contributed by atoms with Crippen LogP contribution in [0.5, 0.6) is 0 Å². The smallest absolute Gasteiger partial charge is 0.251 e. The van der Waals surface area contributed by atoms with Crippen LogP contribution in [0.3, 0.4) is 0 Å². The molecule has 0 aromatic rings. The van der Waals surface area contributed by atoms with Crippen molar-refractivity contribution >= 4 is 38.2 Å². The number of Topliss-reactive ketones (excluding diaryl/α,β-unsaturated/α-hetero) is 1. The molecule has 0 aromatic heterocycles. The maximum absolute atomic E-state index is 11.7. The Kier molecular flexibility index (Phi) is 12.7. The molecule has 0 heterocycles. The highest BCUT2D eigenvalue weighted by molar-refractivity contribution is 6.54. The Balaban J connectivity index is 0.000000173. The average Bonchev–Trinajstić information content (AvgIpc) is 2.84. The third-order valence-electron chi connectivity index (χ3n) is 14.0. The highest BCUT2D eigenvalue weighted by Gasteiger charge is 2.55. The zero-order chi connectivity index (χ0) is 30.9. The SMILES string of the molecule is C.CC12CC3CC(C1)C(=O)C(C3)C2.CC12CC3CC(C1)C(C#N)C(C3)C2.CC12CC3CC(C1)C(C(=N)N)C(C3)C2.Cl.N.[CH3][Al]([CH3])[CH3]. The van der Waals surface area contributed by atoms with Gasteiger partial charge < -0.3 is 11.9 Å². The van der Waals surface area contributed by atoms with Crippen LogP contribution in [0.25, 0.3) is 0 Å². The molecule has 0 aromatic carbocycles. The molecule has 0 radical (unpaired) electrons. The van der Waals surface area contributed by atoms with Crippen LogP contribution >= 0.6 is 12.4 Å². The molecule has 6 N–H and O–H groups in total. The molecule has 12 rings (SSSR count). The summed E-state index contributed by atoms with van der Waals surface area (Å²) in [5.74, 6) is 15.7. The minimum absolute atomic E-state index is 0. The predicted octanol–water partition coefficient (Wildman–Crippen LogP) is 10.3. The van der Waals surface area contributed by atoms with E-state index >= 15 is 0 Å². The van der Waals surface area contributed by atoms with Crippen LogP contribution in [-0.2, 0) is 4.79 Å². The first-order chi connectivity index (χ1) is 20.2. The fraction of sp³-hybridized carbons (Fsp3) is 0.923. The number of carbonyl (C=O) groups is 1. The van der Waals surface area contributed by atoms with Gasteiger partial charge in [0.1, 0.15) is 5.78 Å². The standard InChI is InChI=1S/C12H20N2.C12H17N.C11H16O.CH4.3CH3.Al.ClH.H3N/c1-12-4-7-2-8(5-12)10(11(13)14)9(3-7)6-12;1-12-4-8-2-9(5-12)11(7-13)10(3-8)6-12;1-11-4-7-2-8(5-11)10(12)9(3-7)6-11;;;;;;;/h7-10H,2-6H2,1H3,(H3,13,14);8-11H,2-6H2,1H3;7-9H,2-6H2,1H3;1H4;3*1H3;;1H;1H3. The maximum Gasteiger partial charge on any atom is 0.251 e. The van der Waals surface area contributed by atoms with E-state index in [4.69, 9.17) is 16.4 Å². The second-order valence-corrected chi connectivity index (χ2v) is 23.0. The van der Waals surface area contributed by atoms with Gasteiger partial charge in [-0.25, -0.2) is 0 Å². The largest absolute Gasteiger partial charge is 0.387 e. The van der Waals surface area contributed by atoms with Crippen LogP contribution in [-0.4, -0.2) is 25.8 Å². The zero-order valence-electron chi connectivity index (χ0n) is 29.6. The molecule has 6 unspecified atom stereocenters. The number of hydrogen-bond acceptors (Lipinski definition) is 4. The monoisotopic (exact) mass is 673 g/mol. The molecule has 0 amide bonds. The molecule has 12 fully saturated rings. The molecule has 12 saturated carbocycles. The minimum Gasteiger partial charge on any atom is -0.387 e. The molecule has 0 saturated heterocycles. The highest BCUT2D eigenvalue weighted by atomic mass is 35.5. The lowest BCUT2D eigenvalue weighted by Crippen LogP contribution is -2.53. The van der Waals surface area contributed by atoms with Gasteiger partial charge in [-0.1, -0.05) is 28.2 Å². The van der Waals surface area contributed by atoms with Crippen LogP contribution in [0, 0.1) is 98.1 Å². The Labute approximate surface area is 293 Å². The fourth-order valence-corrected chi connectivity index (χ4v) is 13.7. The van der Waals surface area contributed by atoms with E-state index in [0.29, 0.717) is 51.5 Å². The number of ketones is 1. The van der Waals surface area contributed by atoms with Crippen molar-refractivity contribution in [2.45, 2.75) is 142 Å². The lowest BCUT2D eigenvalue weighted by molar-refractivity contribution is -0.146. The van der Waals surface area contributed by atoms with Crippen molar-refractivity contribution in [1.29, 1.82) is 10.7 Å². The molecule has 12 aliphatic rings. The first kappa shape index (κ1) is 39.8. The van der Waals surface area contributed by atoms with Crippen LogP contribution in [0.1, 0.15) is 125 Å². The predicted molar refractivity (Wildman–Crippen MR) is 197 cm³/mol. The Morgan fingerprint density at radius 3 is 1.37 bits per heavy atom. The topological polar surface area (TPSA) is 126 Å². The van der Waals surface area contributed by atoms with Gasteiger partial charge in [0.25, 0.3) is 14.1 Å². The molecule has 12 bridgehead atoms. The van der Waals surface area contributed by atoms with E-state index in [2.05, 4.69) is 44.2 Å². The molecule has 262 valence electrons. The van der Waals surface area contributed by atoms with E-state index < -0.39 is 0 Å². The summed E-state index contributed by atoms with van der Waals surface area (Å²) in [6, 6.07) is 2.56. The van der Waals surface area contributed by atoms with Crippen molar-refractivity contribution in [1.82, 2.24) is 6.15 Å². The fourth-order valence-electron chi connectivity index (χ4n) is 13.7. The van der Waals surface area contributed by atoms with E-state index in [1.807, 2.05) is 0 Å². The van der Waals surface area contributed by atoms with Gasteiger partial charge in [-0.15, -0.1) is 29.8 Å². The van der Waals surface area contributed by atoms with Crippen molar-refractivity contribution in [2.24, 2.45) is 87.1 Å². The molecule has 0 spiro atoms. The Hall–Kier alpha value is -0.588. The first-order valence-electron chi connectivity index (χ1n) is 18.4. The van der Waals surface area contributed by atoms with E-state index in [1.165, 1.54) is 96.3 Å². The Morgan fingerprint density at radius 1 is 0.717 bits per heavy atom. The van der Waals surface area contributed by atoms with Crippen LogP contribution in [0.15, 0.2) is 0 Å². The number of nitrogens with zero attached hydrogens (tertiary/aromatic N) is 1. The second kappa shape index (κ2) is 14.7. The van der Waals surface area contributed by atoms with Crippen molar-refractivity contribution < 1.29 is 4.79 Å². The number of carbonyl (C=O) groups excluding carboxylic acids is 1. The number of rotatable bonds is 1. The van der Waals surface area contributed by atoms with E-state index in [0.717, 1.165) is 41.4 Å². The van der Waals surface area contributed by atoms with Gasteiger partial charge in [-0.05, 0) is 154 Å². The first-order valence-corrected chi connectivity index (χ1v) is 21.9. The third kappa shape index (κ3) is 8.06. The van der Waals surface area contributed by atoms with Gasteiger partial charge in [0.2, 0.25) is 0 Å². The molecular formula is C39H70AlClN4O. The van der Waals surface area contributed by atoms with Gasteiger partial charge in [0, 0.05) is 17.8 Å². The van der Waals surface area contributed by atoms with E-state index in [9.17, 15) is 4.79 Å². The van der Waals surface area contributed by atoms with Gasteiger partial charge >= 0.3 is 0 Å². The second-order valence-electron chi connectivity index (χ2n) is 19.5. The summed E-state index contributed by atoms with van der Waals surface area (Å²) in [4.78, 5) is 11.7. The molecule has 7 heteroatoms. The Morgan fingerprint density at radius 2 is 1.04 bits per heavy atom. The van der Waals surface area contributed by atoms with Gasteiger partial charge in [-0.3, -0.25) is 10.2 Å². The van der Waals surface area contributed by atoms with Gasteiger partial charge in [0.05, 0.1) is 17.8 Å². The number of amidine groups is 1. The van der Waals surface area contributed by atoms with Crippen molar-refractivity contribution in [2.75, 3.05) is 0 Å². The van der Waals surface area contributed by atoms with Crippen molar-refractivity contribution in [3.05, 3.63) is 0 Å². The number of nitrogens with two attached hydrogens (primary N) is 1. The molecule has 12 aliphatic carbocycles. The Bertz CT molecular complexity index is 1080. The van der Waals surface area contributed by atoms with Crippen LogP contribution < -0.4 is 11.9 Å². The summed E-state index contributed by atoms with van der Waals surface area (Å²) < 4.78 is 0. The lowest BCUT2D eigenvalue weighted by Gasteiger charge is -2.58. The van der Waals surface area contributed by atoms with Gasteiger partial charge in [-0.2, -0.15) is 5.26 Å². The minimum atomic E-state index is -0.139. The van der Waals surface area contributed by atoms with Crippen molar-refractivity contribution in [3.8, 4) is 6.07 Å². The summed E-state index contributed by atoms with van der Waals surface area (Å²) in [6.07, 6.45) is 20.0. The normalized spacial score (nSPS) is 48.4. The zero-order valence-corrected chi connectivity index (χ0v) is 31.6. The third-order valence-corrected chi connectivity index (χ3v) is 14.0. The quantitative estimate of drug-likeness (QED) is 0.145. The number of nitriles is 1. The molecular weight excluding hydrogens is 603 g/mol. The molecule has 6 atom stereocenters. The van der Waals surface area contributed by atoms with Gasteiger partial charge in [0.15, 0.2) is 0 Å². The average molecular weight is 673 g/mol. The summed E-state index contributed by atoms with van der Waals surface area (Å²) >= 11 is -0.139. The summed E-state index contributed by atoms with van der Waals surface area (Å²) in [5.41, 5.74) is 7.55. The number of hydrogen-bond donors (Lipinski definition) is 3. The summed E-state index contributed by atoms with van der Waals surface area (Å²) in [6.45, 7) is 7.30. The van der Waals surface area contributed by atoms with Crippen LogP contribution in [0.2, 0.25) is 17.4 Å².